The van der Waals surface area contributed by atoms with E-state index in [0.717, 1.165) is 18.4 Å². The Hall–Kier alpha value is -0.870. The molecule has 1 aromatic rings. The lowest BCUT2D eigenvalue weighted by molar-refractivity contribution is 0.0218. The summed E-state index contributed by atoms with van der Waals surface area (Å²) in [7, 11) is -2.97. The predicted molar refractivity (Wildman–Crippen MR) is 79.5 cm³/mol. The molecule has 4 heteroatoms. The molecule has 110 valence electrons. The van der Waals surface area contributed by atoms with Gasteiger partial charge in [0.1, 0.15) is 0 Å². The third-order valence-corrected chi connectivity index (χ3v) is 7.85. The van der Waals surface area contributed by atoms with E-state index >= 15 is 0 Å². The van der Waals surface area contributed by atoms with Gasteiger partial charge in [-0.3, -0.25) is 0 Å². The van der Waals surface area contributed by atoms with Crippen molar-refractivity contribution < 1.29 is 13.5 Å². The first-order chi connectivity index (χ1) is 9.32. The molecule has 2 saturated heterocycles. The van der Waals surface area contributed by atoms with Gasteiger partial charge in [0.05, 0.1) is 16.1 Å². The van der Waals surface area contributed by atoms with Gasteiger partial charge < -0.3 is 5.11 Å². The fraction of sp³-hybridized carbons (Fsp3) is 0.625. The minimum absolute atomic E-state index is 0.323. The number of aliphatic hydroxyl groups is 1. The van der Waals surface area contributed by atoms with Gasteiger partial charge in [-0.1, -0.05) is 18.2 Å². The smallest absolute Gasteiger partial charge is 0.156 e. The van der Waals surface area contributed by atoms with Crippen LogP contribution in [0.15, 0.2) is 18.2 Å². The second-order valence-corrected chi connectivity index (χ2v) is 9.09. The van der Waals surface area contributed by atoms with Gasteiger partial charge in [0.2, 0.25) is 0 Å². The van der Waals surface area contributed by atoms with Crippen LogP contribution < -0.4 is 0 Å². The van der Waals surface area contributed by atoms with Gasteiger partial charge in [-0.25, -0.2) is 8.42 Å². The number of fused-ring (bicyclic) bond motifs is 2. The second-order valence-electron chi connectivity index (χ2n) is 6.58. The first kappa shape index (κ1) is 14.1. The van der Waals surface area contributed by atoms with Crippen molar-refractivity contribution >= 4 is 9.84 Å². The summed E-state index contributed by atoms with van der Waals surface area (Å²) in [4.78, 5) is 0. The van der Waals surface area contributed by atoms with E-state index in [1.807, 2.05) is 12.1 Å². The van der Waals surface area contributed by atoms with Crippen LogP contribution in [0.3, 0.4) is 0 Å². The normalized spacial score (nSPS) is 35.1. The van der Waals surface area contributed by atoms with E-state index in [1.165, 1.54) is 11.1 Å². The van der Waals surface area contributed by atoms with Crippen molar-refractivity contribution in [2.75, 3.05) is 0 Å². The Morgan fingerprint density at radius 2 is 1.80 bits per heavy atom. The van der Waals surface area contributed by atoms with Gasteiger partial charge >= 0.3 is 0 Å². The molecule has 0 radical (unpaired) electrons. The molecule has 2 aliphatic heterocycles. The van der Waals surface area contributed by atoms with E-state index in [9.17, 15) is 13.5 Å². The van der Waals surface area contributed by atoms with Crippen LogP contribution >= 0.6 is 0 Å². The van der Waals surface area contributed by atoms with Crippen molar-refractivity contribution in [3.05, 3.63) is 34.9 Å². The monoisotopic (exact) mass is 294 g/mol. The zero-order chi connectivity index (χ0) is 14.5. The molecule has 2 fully saturated rings. The molecule has 1 N–H and O–H groups in total. The van der Waals surface area contributed by atoms with Gasteiger partial charge in [0, 0.05) is 6.42 Å². The molecule has 2 unspecified atom stereocenters. The molecular weight excluding hydrogens is 272 g/mol. The number of aryl methyl sites for hydroxylation is 1. The summed E-state index contributed by atoms with van der Waals surface area (Å²) in [5, 5.41) is 10.2. The average molecular weight is 294 g/mol. The summed E-state index contributed by atoms with van der Waals surface area (Å²) in [6.07, 6.45) is 2.83. The lowest BCUT2D eigenvalue weighted by atomic mass is 9.85. The molecule has 2 aliphatic rings. The maximum atomic E-state index is 12.1. The van der Waals surface area contributed by atoms with Crippen molar-refractivity contribution in [3.63, 3.8) is 0 Å². The SMILES string of the molecule is Cc1cccc(CC2(O)CC3CCC(C2)S3(=O)=O)c1C. The van der Waals surface area contributed by atoms with Gasteiger partial charge in [0.25, 0.3) is 0 Å². The molecule has 0 spiro atoms. The molecule has 0 saturated carbocycles. The summed E-state index contributed by atoms with van der Waals surface area (Å²) in [6, 6.07) is 6.12. The van der Waals surface area contributed by atoms with Crippen molar-refractivity contribution in [1.29, 1.82) is 0 Å². The lowest BCUT2D eigenvalue weighted by Gasteiger charge is -2.36. The molecule has 2 atom stereocenters. The molecule has 2 bridgehead atoms. The van der Waals surface area contributed by atoms with E-state index in [0.29, 0.717) is 19.3 Å². The highest BCUT2D eigenvalue weighted by Crippen LogP contribution is 2.44. The summed E-state index contributed by atoms with van der Waals surface area (Å²) < 4.78 is 24.3. The third kappa shape index (κ3) is 2.19. The minimum Gasteiger partial charge on any atom is -0.389 e. The third-order valence-electron chi connectivity index (χ3n) is 5.19. The van der Waals surface area contributed by atoms with E-state index < -0.39 is 15.4 Å². The largest absolute Gasteiger partial charge is 0.389 e. The van der Waals surface area contributed by atoms with Crippen LogP contribution in [-0.2, 0) is 16.3 Å². The minimum atomic E-state index is -2.97. The highest BCUT2D eigenvalue weighted by molar-refractivity contribution is 7.93. The maximum Gasteiger partial charge on any atom is 0.156 e. The number of sulfone groups is 1. The molecule has 3 rings (SSSR count). The Bertz CT molecular complexity index is 613. The van der Waals surface area contributed by atoms with E-state index in [4.69, 9.17) is 0 Å². The molecule has 2 heterocycles. The predicted octanol–water partition coefficient (Wildman–Crippen LogP) is 2.32. The van der Waals surface area contributed by atoms with Crippen molar-refractivity contribution in [3.8, 4) is 0 Å². The van der Waals surface area contributed by atoms with Crippen molar-refractivity contribution in [1.82, 2.24) is 0 Å². The van der Waals surface area contributed by atoms with Crippen LogP contribution in [0.25, 0.3) is 0 Å². The van der Waals surface area contributed by atoms with Crippen LogP contribution in [0, 0.1) is 13.8 Å². The van der Waals surface area contributed by atoms with Gasteiger partial charge in [-0.2, -0.15) is 0 Å². The van der Waals surface area contributed by atoms with E-state index in [2.05, 4.69) is 19.9 Å². The Labute approximate surface area is 120 Å². The average Bonchev–Trinajstić information content (AvgIpc) is 2.55. The summed E-state index contributed by atoms with van der Waals surface area (Å²) in [5.74, 6) is 0. The second kappa shape index (κ2) is 4.57. The number of rotatable bonds is 2. The van der Waals surface area contributed by atoms with Crippen LogP contribution in [0.1, 0.15) is 42.4 Å². The van der Waals surface area contributed by atoms with Crippen molar-refractivity contribution in [2.45, 2.75) is 62.1 Å². The van der Waals surface area contributed by atoms with Gasteiger partial charge in [-0.05, 0) is 56.2 Å². The highest BCUT2D eigenvalue weighted by Gasteiger charge is 2.52. The first-order valence-electron chi connectivity index (χ1n) is 7.32. The zero-order valence-corrected chi connectivity index (χ0v) is 12.9. The van der Waals surface area contributed by atoms with Crippen LogP contribution in [0.2, 0.25) is 0 Å². The Morgan fingerprint density at radius 3 is 2.40 bits per heavy atom. The zero-order valence-electron chi connectivity index (χ0n) is 12.1. The number of benzene rings is 1. The van der Waals surface area contributed by atoms with E-state index in [-0.39, 0.29) is 10.5 Å². The molecular formula is C16H22O3S. The fourth-order valence-corrected chi connectivity index (χ4v) is 6.40. The quantitative estimate of drug-likeness (QED) is 0.910. The molecule has 0 amide bonds. The number of hydrogen-bond donors (Lipinski definition) is 1. The maximum absolute atomic E-state index is 12.1. The summed E-state index contributed by atoms with van der Waals surface area (Å²) in [6.45, 7) is 4.14. The Morgan fingerprint density at radius 1 is 1.20 bits per heavy atom. The topological polar surface area (TPSA) is 54.4 Å². The van der Waals surface area contributed by atoms with Crippen LogP contribution in [0.5, 0.6) is 0 Å². The summed E-state index contributed by atoms with van der Waals surface area (Å²) >= 11 is 0. The fourth-order valence-electron chi connectivity index (χ4n) is 3.84. The lowest BCUT2D eigenvalue weighted by Crippen LogP contribution is -2.46. The molecule has 1 aromatic carbocycles. The molecule has 0 aliphatic carbocycles. The van der Waals surface area contributed by atoms with Gasteiger partial charge in [0.15, 0.2) is 9.84 Å². The number of hydrogen-bond acceptors (Lipinski definition) is 3. The van der Waals surface area contributed by atoms with Crippen LogP contribution in [-0.4, -0.2) is 29.6 Å². The molecule has 20 heavy (non-hydrogen) atoms. The van der Waals surface area contributed by atoms with Gasteiger partial charge in [-0.15, -0.1) is 0 Å². The molecule has 0 aromatic heterocycles. The highest BCUT2D eigenvalue weighted by atomic mass is 32.2. The summed E-state index contributed by atoms with van der Waals surface area (Å²) in [5.41, 5.74) is 2.72. The van der Waals surface area contributed by atoms with E-state index in [1.54, 1.807) is 0 Å². The van der Waals surface area contributed by atoms with Crippen LogP contribution in [0.4, 0.5) is 0 Å². The standard InChI is InChI=1S/C16H22O3S/c1-11-4-3-5-13(12(11)2)8-16(17)9-14-6-7-15(10-16)20(14,18)19/h3-5,14-15,17H,6-10H2,1-2H3. The first-order valence-corrected chi connectivity index (χ1v) is 8.93. The van der Waals surface area contributed by atoms with Crippen molar-refractivity contribution in [2.24, 2.45) is 0 Å². The molecule has 3 nitrogen and oxygen atoms in total. The Balaban J connectivity index is 1.87. The Kier molecular flexibility index (Phi) is 3.22.